The molecule has 0 fully saturated rings. The molecular formula is C16H17N3O2. The number of hydrogen-bond donors (Lipinski definition) is 2. The molecule has 108 valence electrons. The van der Waals surface area contributed by atoms with E-state index in [1.54, 1.807) is 6.07 Å². The first-order valence-corrected chi connectivity index (χ1v) is 6.99. The van der Waals surface area contributed by atoms with Gasteiger partial charge in [-0.3, -0.25) is 9.89 Å². The quantitative estimate of drug-likeness (QED) is 0.707. The lowest BCUT2D eigenvalue weighted by atomic mass is 10.1. The standard InChI is InChI=1S/C16H17N3O2/c1-11-13(10-18-19-11)6-4-8-17-16(20)15-9-12-5-2-3-7-14(12)21-15/h2-3,5,7,9-10H,4,6,8H2,1H3,(H,17,20)(H,18,19). The van der Waals surface area contributed by atoms with Crippen molar-refractivity contribution in [2.75, 3.05) is 6.54 Å². The fraction of sp³-hybridized carbons (Fsp3) is 0.250. The third-order valence-corrected chi connectivity index (χ3v) is 3.49. The zero-order chi connectivity index (χ0) is 14.7. The molecule has 1 amide bonds. The van der Waals surface area contributed by atoms with Gasteiger partial charge in [0.1, 0.15) is 5.58 Å². The first kappa shape index (κ1) is 13.4. The minimum atomic E-state index is -0.171. The number of nitrogens with one attached hydrogen (secondary N) is 2. The maximum atomic E-state index is 12.0. The van der Waals surface area contributed by atoms with Gasteiger partial charge in [-0.2, -0.15) is 5.10 Å². The number of aryl methyl sites for hydroxylation is 2. The van der Waals surface area contributed by atoms with Gasteiger partial charge in [-0.05, 0) is 37.5 Å². The van der Waals surface area contributed by atoms with E-state index in [-0.39, 0.29) is 5.91 Å². The van der Waals surface area contributed by atoms with Crippen LogP contribution >= 0.6 is 0 Å². The SMILES string of the molecule is Cc1[nH]ncc1CCCNC(=O)c1cc2ccccc2o1. The van der Waals surface area contributed by atoms with Crippen LogP contribution in [-0.2, 0) is 6.42 Å². The first-order valence-electron chi connectivity index (χ1n) is 6.99. The molecule has 2 N–H and O–H groups in total. The highest BCUT2D eigenvalue weighted by Crippen LogP contribution is 2.18. The van der Waals surface area contributed by atoms with Crippen LogP contribution in [0, 0.1) is 6.92 Å². The molecule has 0 aliphatic rings. The molecule has 5 nitrogen and oxygen atoms in total. The van der Waals surface area contributed by atoms with Gasteiger partial charge in [-0.1, -0.05) is 18.2 Å². The number of fused-ring (bicyclic) bond motifs is 1. The Hall–Kier alpha value is -2.56. The zero-order valence-electron chi connectivity index (χ0n) is 11.8. The number of H-pyrrole nitrogens is 1. The molecule has 2 aromatic heterocycles. The van der Waals surface area contributed by atoms with Gasteiger partial charge in [0.15, 0.2) is 5.76 Å². The van der Waals surface area contributed by atoms with Crippen molar-refractivity contribution >= 4 is 16.9 Å². The number of amides is 1. The summed E-state index contributed by atoms with van der Waals surface area (Å²) in [5.74, 6) is 0.186. The van der Waals surface area contributed by atoms with Crippen LogP contribution < -0.4 is 5.32 Å². The number of aromatic nitrogens is 2. The molecule has 0 spiro atoms. The van der Waals surface area contributed by atoms with Gasteiger partial charge in [0.25, 0.3) is 5.91 Å². The molecule has 1 aromatic carbocycles. The Kier molecular flexibility index (Phi) is 3.73. The predicted octanol–water partition coefficient (Wildman–Crippen LogP) is 2.83. The average Bonchev–Trinajstić information content (AvgIpc) is 3.09. The largest absolute Gasteiger partial charge is 0.451 e. The molecule has 0 atom stereocenters. The number of para-hydroxylation sites is 1. The number of carbonyl (C=O) groups is 1. The summed E-state index contributed by atoms with van der Waals surface area (Å²) in [5.41, 5.74) is 3.00. The number of rotatable bonds is 5. The second-order valence-corrected chi connectivity index (χ2v) is 5.03. The molecule has 0 aliphatic heterocycles. The monoisotopic (exact) mass is 283 g/mol. The van der Waals surface area contributed by atoms with Gasteiger partial charge >= 0.3 is 0 Å². The molecule has 0 unspecified atom stereocenters. The number of hydrogen-bond acceptors (Lipinski definition) is 3. The zero-order valence-corrected chi connectivity index (χ0v) is 11.8. The normalized spacial score (nSPS) is 10.9. The van der Waals surface area contributed by atoms with Gasteiger partial charge < -0.3 is 9.73 Å². The van der Waals surface area contributed by atoms with E-state index in [1.165, 1.54) is 5.56 Å². The van der Waals surface area contributed by atoms with Crippen LogP contribution in [0.2, 0.25) is 0 Å². The van der Waals surface area contributed by atoms with E-state index >= 15 is 0 Å². The third-order valence-electron chi connectivity index (χ3n) is 3.49. The number of furan rings is 1. The Bertz CT molecular complexity index is 725. The van der Waals surface area contributed by atoms with Crippen molar-refractivity contribution in [1.29, 1.82) is 0 Å². The highest BCUT2D eigenvalue weighted by atomic mass is 16.3. The van der Waals surface area contributed by atoms with Crippen molar-refractivity contribution < 1.29 is 9.21 Å². The smallest absolute Gasteiger partial charge is 0.287 e. The second kappa shape index (κ2) is 5.83. The molecule has 2 heterocycles. The van der Waals surface area contributed by atoms with Crippen molar-refractivity contribution in [3.63, 3.8) is 0 Å². The van der Waals surface area contributed by atoms with Gasteiger partial charge in [0, 0.05) is 17.6 Å². The predicted molar refractivity (Wildman–Crippen MR) is 80.2 cm³/mol. The van der Waals surface area contributed by atoms with Gasteiger partial charge in [-0.15, -0.1) is 0 Å². The van der Waals surface area contributed by atoms with E-state index < -0.39 is 0 Å². The van der Waals surface area contributed by atoms with E-state index in [2.05, 4.69) is 15.5 Å². The molecule has 21 heavy (non-hydrogen) atoms. The van der Waals surface area contributed by atoms with E-state index in [9.17, 15) is 4.79 Å². The lowest BCUT2D eigenvalue weighted by Crippen LogP contribution is -2.24. The number of benzene rings is 1. The van der Waals surface area contributed by atoms with Crippen molar-refractivity contribution in [2.45, 2.75) is 19.8 Å². The highest BCUT2D eigenvalue weighted by molar-refractivity contribution is 5.95. The van der Waals surface area contributed by atoms with Crippen LogP contribution in [0.15, 0.2) is 40.9 Å². The van der Waals surface area contributed by atoms with Crippen molar-refractivity contribution in [3.8, 4) is 0 Å². The van der Waals surface area contributed by atoms with Crippen LogP contribution in [0.5, 0.6) is 0 Å². The molecule has 0 radical (unpaired) electrons. The molecule has 3 rings (SSSR count). The molecular weight excluding hydrogens is 266 g/mol. The van der Waals surface area contributed by atoms with Crippen LogP contribution in [0.3, 0.4) is 0 Å². The first-order chi connectivity index (χ1) is 10.2. The average molecular weight is 283 g/mol. The van der Waals surface area contributed by atoms with E-state index in [0.717, 1.165) is 29.5 Å². The van der Waals surface area contributed by atoms with Crippen LogP contribution in [-0.4, -0.2) is 22.6 Å². The fourth-order valence-electron chi connectivity index (χ4n) is 2.29. The Morgan fingerprint density at radius 2 is 2.24 bits per heavy atom. The Labute approximate surface area is 122 Å². The van der Waals surface area contributed by atoms with Crippen molar-refractivity contribution in [3.05, 3.63) is 53.5 Å². The van der Waals surface area contributed by atoms with Gasteiger partial charge in [-0.25, -0.2) is 0 Å². The Morgan fingerprint density at radius 3 is 3.00 bits per heavy atom. The fourth-order valence-corrected chi connectivity index (χ4v) is 2.29. The summed E-state index contributed by atoms with van der Waals surface area (Å²) in [5, 5.41) is 10.7. The summed E-state index contributed by atoms with van der Waals surface area (Å²) in [4.78, 5) is 12.0. The molecule has 0 saturated carbocycles. The van der Waals surface area contributed by atoms with Crippen molar-refractivity contribution in [2.24, 2.45) is 0 Å². The lowest BCUT2D eigenvalue weighted by Gasteiger charge is -2.02. The van der Waals surface area contributed by atoms with E-state index in [4.69, 9.17) is 4.42 Å². The summed E-state index contributed by atoms with van der Waals surface area (Å²) in [6.45, 7) is 2.61. The van der Waals surface area contributed by atoms with Crippen molar-refractivity contribution in [1.82, 2.24) is 15.5 Å². The van der Waals surface area contributed by atoms with Crippen LogP contribution in [0.4, 0.5) is 0 Å². The summed E-state index contributed by atoms with van der Waals surface area (Å²) in [6.07, 6.45) is 3.59. The van der Waals surface area contributed by atoms with Gasteiger partial charge in [0.05, 0.1) is 6.20 Å². The molecule has 0 aliphatic carbocycles. The number of aromatic amines is 1. The molecule has 3 aromatic rings. The summed E-state index contributed by atoms with van der Waals surface area (Å²) < 4.78 is 5.52. The summed E-state index contributed by atoms with van der Waals surface area (Å²) in [7, 11) is 0. The highest BCUT2D eigenvalue weighted by Gasteiger charge is 2.11. The van der Waals surface area contributed by atoms with Crippen LogP contribution in [0.1, 0.15) is 28.2 Å². The number of carbonyl (C=O) groups excluding carboxylic acids is 1. The third kappa shape index (κ3) is 2.97. The Morgan fingerprint density at radius 1 is 1.38 bits per heavy atom. The topological polar surface area (TPSA) is 70.9 Å². The second-order valence-electron chi connectivity index (χ2n) is 5.03. The maximum absolute atomic E-state index is 12.0. The van der Waals surface area contributed by atoms with Gasteiger partial charge in [0.2, 0.25) is 0 Å². The molecule has 0 bridgehead atoms. The molecule has 5 heteroatoms. The molecule has 0 saturated heterocycles. The summed E-state index contributed by atoms with van der Waals surface area (Å²) in [6, 6.07) is 9.36. The van der Waals surface area contributed by atoms with E-state index in [1.807, 2.05) is 37.4 Å². The van der Waals surface area contributed by atoms with E-state index in [0.29, 0.717) is 12.3 Å². The Balaban J connectivity index is 1.53. The van der Waals surface area contributed by atoms with Crippen LogP contribution in [0.25, 0.3) is 11.0 Å². The lowest BCUT2D eigenvalue weighted by molar-refractivity contribution is 0.0927. The minimum Gasteiger partial charge on any atom is -0.451 e. The minimum absolute atomic E-state index is 0.171. The number of nitrogens with zero attached hydrogens (tertiary/aromatic N) is 1. The summed E-state index contributed by atoms with van der Waals surface area (Å²) >= 11 is 0. The maximum Gasteiger partial charge on any atom is 0.287 e.